The Kier molecular flexibility index (Phi) is 2.90. The van der Waals surface area contributed by atoms with Crippen molar-refractivity contribution in [2.24, 2.45) is 0 Å². The molecule has 4 N–H and O–H groups in total. The van der Waals surface area contributed by atoms with E-state index in [0.717, 1.165) is 16.7 Å². The predicted octanol–water partition coefficient (Wildman–Crippen LogP) is 1.26. The van der Waals surface area contributed by atoms with Crippen molar-refractivity contribution in [1.82, 2.24) is 10.9 Å². The van der Waals surface area contributed by atoms with Crippen molar-refractivity contribution in [3.05, 3.63) is 53.1 Å². The number of rotatable bonds is 1. The molecule has 0 saturated heterocycles. The summed E-state index contributed by atoms with van der Waals surface area (Å²) in [4.78, 5) is 11.9. The summed E-state index contributed by atoms with van der Waals surface area (Å²) in [5, 5.41) is 0. The predicted molar refractivity (Wildman–Crippen MR) is 80.2 cm³/mol. The van der Waals surface area contributed by atoms with Crippen LogP contribution in [0.5, 0.6) is 11.5 Å². The minimum absolute atomic E-state index is 0.0912. The molecular weight excluding hydrogens is 282 g/mol. The molecule has 1 atom stereocenters. The Bertz CT molecular complexity index is 760. The Morgan fingerprint density at radius 1 is 1.14 bits per heavy atom. The van der Waals surface area contributed by atoms with E-state index < -0.39 is 0 Å². The molecule has 0 fully saturated rings. The Balaban J connectivity index is 1.85. The second-order valence-electron chi connectivity index (χ2n) is 5.38. The van der Waals surface area contributed by atoms with Gasteiger partial charge in [0.1, 0.15) is 0 Å². The zero-order chi connectivity index (χ0) is 15.1. The van der Waals surface area contributed by atoms with Gasteiger partial charge in [-0.25, -0.2) is 5.43 Å². The molecule has 6 nitrogen and oxygen atoms in total. The molecule has 0 aromatic heterocycles. The third-order valence-corrected chi connectivity index (χ3v) is 3.90. The summed E-state index contributed by atoms with van der Waals surface area (Å²) >= 11 is 0. The minimum atomic E-state index is -0.195. The van der Waals surface area contributed by atoms with Gasteiger partial charge in [-0.3, -0.25) is 10.2 Å². The molecule has 2 aromatic carbocycles. The molecule has 0 bridgehead atoms. The van der Waals surface area contributed by atoms with Crippen LogP contribution in [0.1, 0.15) is 22.7 Å². The molecule has 2 aliphatic rings. The van der Waals surface area contributed by atoms with Crippen LogP contribution in [0.25, 0.3) is 0 Å². The number of nitrogens with two attached hydrogens (primary N) is 1. The molecule has 0 aliphatic carbocycles. The van der Waals surface area contributed by atoms with Crippen LogP contribution < -0.4 is 26.1 Å². The smallest absolute Gasteiger partial charge is 0.238 e. The molecule has 2 heterocycles. The van der Waals surface area contributed by atoms with E-state index in [1.54, 1.807) is 0 Å². The number of ether oxygens (including phenoxy) is 2. The topological polar surface area (TPSA) is 85.6 Å². The van der Waals surface area contributed by atoms with Crippen molar-refractivity contribution < 1.29 is 14.3 Å². The number of carbonyl (C=O) groups excluding carboxylic acids is 1. The van der Waals surface area contributed by atoms with Crippen LogP contribution in [-0.2, 0) is 11.2 Å². The highest BCUT2D eigenvalue weighted by atomic mass is 16.7. The number of carbonyl (C=O) groups is 1. The van der Waals surface area contributed by atoms with Crippen LogP contribution in [0.3, 0.4) is 0 Å². The standard InChI is InChI=1S/C16H15N3O3/c17-11-3-1-2-9(4-11)16-12-7-14-13(21-8-22-14)5-10(12)6-15(20)18-19-16/h1-5,7,16,19H,6,8,17H2,(H,18,20). The molecule has 0 spiro atoms. The monoisotopic (exact) mass is 297 g/mol. The molecule has 112 valence electrons. The maximum Gasteiger partial charge on any atom is 0.238 e. The summed E-state index contributed by atoms with van der Waals surface area (Å²) < 4.78 is 10.9. The van der Waals surface area contributed by atoms with Crippen molar-refractivity contribution in [3.8, 4) is 11.5 Å². The summed E-state index contributed by atoms with van der Waals surface area (Å²) in [6, 6.07) is 11.2. The fourth-order valence-electron chi connectivity index (χ4n) is 2.87. The fraction of sp³-hybridized carbons (Fsp3) is 0.188. The molecule has 22 heavy (non-hydrogen) atoms. The fourth-order valence-corrected chi connectivity index (χ4v) is 2.87. The van der Waals surface area contributed by atoms with Gasteiger partial charge in [-0.1, -0.05) is 12.1 Å². The van der Waals surface area contributed by atoms with E-state index in [9.17, 15) is 4.79 Å². The first-order valence-corrected chi connectivity index (χ1v) is 7.03. The van der Waals surface area contributed by atoms with E-state index in [-0.39, 0.29) is 25.2 Å². The number of benzene rings is 2. The van der Waals surface area contributed by atoms with Gasteiger partial charge in [0.05, 0.1) is 12.5 Å². The first-order valence-electron chi connectivity index (χ1n) is 7.03. The van der Waals surface area contributed by atoms with Gasteiger partial charge in [0.25, 0.3) is 0 Å². The summed E-state index contributed by atoms with van der Waals surface area (Å²) in [5.41, 5.74) is 15.2. The van der Waals surface area contributed by atoms with Gasteiger partial charge in [-0.05, 0) is 41.0 Å². The average Bonchev–Trinajstić information content (AvgIpc) is 2.88. The molecular formula is C16H15N3O3. The second-order valence-corrected chi connectivity index (χ2v) is 5.38. The lowest BCUT2D eigenvalue weighted by atomic mass is 9.93. The molecule has 0 saturated carbocycles. The number of hydrogen-bond donors (Lipinski definition) is 3. The van der Waals surface area contributed by atoms with Crippen molar-refractivity contribution in [3.63, 3.8) is 0 Å². The summed E-state index contributed by atoms with van der Waals surface area (Å²) in [6.45, 7) is 0.209. The molecule has 4 rings (SSSR count). The summed E-state index contributed by atoms with van der Waals surface area (Å²) in [6.07, 6.45) is 0.289. The molecule has 1 amide bonds. The van der Waals surface area contributed by atoms with E-state index in [1.165, 1.54) is 0 Å². The Hall–Kier alpha value is -2.73. The van der Waals surface area contributed by atoms with E-state index in [1.807, 2.05) is 36.4 Å². The van der Waals surface area contributed by atoms with Gasteiger partial charge < -0.3 is 15.2 Å². The quantitative estimate of drug-likeness (QED) is 0.690. The molecule has 6 heteroatoms. The maximum absolute atomic E-state index is 11.9. The van der Waals surface area contributed by atoms with Gasteiger partial charge >= 0.3 is 0 Å². The van der Waals surface area contributed by atoms with Crippen LogP contribution in [-0.4, -0.2) is 12.7 Å². The number of hydrogen-bond acceptors (Lipinski definition) is 5. The second kappa shape index (κ2) is 4.92. The van der Waals surface area contributed by atoms with Gasteiger partial charge in [0, 0.05) is 5.69 Å². The van der Waals surface area contributed by atoms with Crippen LogP contribution >= 0.6 is 0 Å². The number of nitrogens with one attached hydrogen (secondary N) is 2. The SMILES string of the molecule is Nc1cccc(C2NNC(=O)Cc3cc4c(cc32)OCO4)c1. The first-order chi connectivity index (χ1) is 10.7. The summed E-state index contributed by atoms with van der Waals surface area (Å²) in [5.74, 6) is 1.29. The van der Waals surface area contributed by atoms with Crippen molar-refractivity contribution >= 4 is 11.6 Å². The molecule has 1 unspecified atom stereocenters. The molecule has 2 aliphatic heterocycles. The first kappa shape index (κ1) is 13.0. The van der Waals surface area contributed by atoms with E-state index in [0.29, 0.717) is 17.2 Å². The minimum Gasteiger partial charge on any atom is -0.454 e. The zero-order valence-corrected chi connectivity index (χ0v) is 11.8. The highest BCUT2D eigenvalue weighted by Gasteiger charge is 2.27. The zero-order valence-electron chi connectivity index (χ0n) is 11.8. The Morgan fingerprint density at radius 2 is 1.95 bits per heavy atom. The van der Waals surface area contributed by atoms with Crippen molar-refractivity contribution in [1.29, 1.82) is 0 Å². The number of nitrogen functional groups attached to an aromatic ring is 1. The number of fused-ring (bicyclic) bond motifs is 2. The van der Waals surface area contributed by atoms with Gasteiger partial charge in [-0.15, -0.1) is 0 Å². The van der Waals surface area contributed by atoms with Gasteiger partial charge in [0.15, 0.2) is 11.5 Å². The highest BCUT2D eigenvalue weighted by Crippen LogP contribution is 2.39. The lowest BCUT2D eigenvalue weighted by molar-refractivity contribution is -0.121. The van der Waals surface area contributed by atoms with Crippen molar-refractivity contribution in [2.75, 3.05) is 12.5 Å². The third kappa shape index (κ3) is 2.14. The van der Waals surface area contributed by atoms with E-state index in [4.69, 9.17) is 15.2 Å². The van der Waals surface area contributed by atoms with Crippen LogP contribution in [0.15, 0.2) is 36.4 Å². The largest absolute Gasteiger partial charge is 0.454 e. The lowest BCUT2D eigenvalue weighted by Gasteiger charge is -2.19. The molecule has 0 radical (unpaired) electrons. The van der Waals surface area contributed by atoms with Crippen LogP contribution in [0, 0.1) is 0 Å². The van der Waals surface area contributed by atoms with Gasteiger partial charge in [0.2, 0.25) is 12.7 Å². The van der Waals surface area contributed by atoms with Crippen LogP contribution in [0.4, 0.5) is 5.69 Å². The van der Waals surface area contributed by atoms with E-state index >= 15 is 0 Å². The average molecular weight is 297 g/mol. The summed E-state index contributed by atoms with van der Waals surface area (Å²) in [7, 11) is 0. The number of hydrazine groups is 1. The molecule has 2 aromatic rings. The number of anilines is 1. The highest BCUT2D eigenvalue weighted by molar-refractivity contribution is 5.80. The Morgan fingerprint density at radius 3 is 2.77 bits per heavy atom. The lowest BCUT2D eigenvalue weighted by Crippen LogP contribution is -2.38. The third-order valence-electron chi connectivity index (χ3n) is 3.90. The van der Waals surface area contributed by atoms with Crippen molar-refractivity contribution in [2.45, 2.75) is 12.5 Å². The van der Waals surface area contributed by atoms with Gasteiger partial charge in [-0.2, -0.15) is 0 Å². The number of amides is 1. The maximum atomic E-state index is 11.9. The Labute approximate surface area is 127 Å². The van der Waals surface area contributed by atoms with E-state index in [2.05, 4.69) is 10.9 Å². The normalized spacial score (nSPS) is 19.3. The van der Waals surface area contributed by atoms with Crippen LogP contribution in [0.2, 0.25) is 0 Å².